The fourth-order valence-electron chi connectivity index (χ4n) is 1.70. The van der Waals surface area contributed by atoms with E-state index >= 15 is 0 Å². The highest BCUT2D eigenvalue weighted by molar-refractivity contribution is 5.76. The number of hydrogen-bond donors (Lipinski definition) is 2. The van der Waals surface area contributed by atoms with Crippen molar-refractivity contribution in [3.05, 3.63) is 35.4 Å². The number of nitriles is 1. The zero-order chi connectivity index (χ0) is 13.8. The summed E-state index contributed by atoms with van der Waals surface area (Å²) in [6, 6.07) is 9.12. The Hall–Kier alpha value is -1.90. The topological polar surface area (TPSA) is 84.6 Å². The van der Waals surface area contributed by atoms with Gasteiger partial charge in [0.1, 0.15) is 0 Å². The second-order valence-electron chi connectivity index (χ2n) is 4.56. The molecule has 0 aliphatic heterocycles. The number of likely N-dealkylation sites (N-methyl/N-ethyl adjacent to an activating group) is 1. The molecular formula is C13H16N2O3. The van der Waals surface area contributed by atoms with Gasteiger partial charge in [-0.15, -0.1) is 0 Å². The average Bonchev–Trinajstić information content (AvgIpc) is 2.28. The van der Waals surface area contributed by atoms with Gasteiger partial charge in [-0.2, -0.15) is 5.26 Å². The fraction of sp³-hybridized carbons (Fsp3) is 0.385. The zero-order valence-electron chi connectivity index (χ0n) is 10.4. The van der Waals surface area contributed by atoms with Gasteiger partial charge in [0.2, 0.25) is 0 Å². The third-order valence-electron chi connectivity index (χ3n) is 2.55. The van der Waals surface area contributed by atoms with Crippen LogP contribution in [-0.4, -0.2) is 40.3 Å². The summed E-state index contributed by atoms with van der Waals surface area (Å²) in [5.41, 5.74) is -0.315. The molecule has 5 heteroatoms. The Morgan fingerprint density at radius 3 is 2.78 bits per heavy atom. The number of carbonyl (C=O) groups is 1. The standard InChI is InChI=1S/C13H16N2O3/c1-13(18,12(16)17)9-15(2)8-11-5-3-4-10(6-11)7-14/h3-6,18H,8-9H2,1-2H3,(H,16,17). The van der Waals surface area contributed by atoms with Crippen LogP contribution in [0.25, 0.3) is 0 Å². The van der Waals surface area contributed by atoms with Crippen LogP contribution in [0.3, 0.4) is 0 Å². The van der Waals surface area contributed by atoms with Gasteiger partial charge >= 0.3 is 5.97 Å². The van der Waals surface area contributed by atoms with Crippen LogP contribution in [0.4, 0.5) is 0 Å². The molecule has 1 aromatic rings. The Morgan fingerprint density at radius 1 is 1.56 bits per heavy atom. The summed E-state index contributed by atoms with van der Waals surface area (Å²) < 4.78 is 0. The van der Waals surface area contributed by atoms with Gasteiger partial charge in [0.05, 0.1) is 11.6 Å². The SMILES string of the molecule is CN(Cc1cccc(C#N)c1)CC(C)(O)C(=O)O. The Kier molecular flexibility index (Phi) is 4.43. The fourth-order valence-corrected chi connectivity index (χ4v) is 1.70. The first-order chi connectivity index (χ1) is 8.35. The van der Waals surface area contributed by atoms with E-state index in [4.69, 9.17) is 10.4 Å². The minimum atomic E-state index is -1.78. The molecule has 1 atom stereocenters. The van der Waals surface area contributed by atoms with Crippen molar-refractivity contribution in [1.82, 2.24) is 4.90 Å². The van der Waals surface area contributed by atoms with Crippen LogP contribution in [0.15, 0.2) is 24.3 Å². The molecule has 0 aliphatic carbocycles. The maximum atomic E-state index is 10.8. The van der Waals surface area contributed by atoms with Gasteiger partial charge in [-0.1, -0.05) is 12.1 Å². The van der Waals surface area contributed by atoms with Crippen molar-refractivity contribution in [1.29, 1.82) is 5.26 Å². The van der Waals surface area contributed by atoms with Gasteiger partial charge < -0.3 is 10.2 Å². The molecule has 0 aliphatic rings. The predicted molar refractivity (Wildman–Crippen MR) is 65.8 cm³/mol. The van der Waals surface area contributed by atoms with Crippen molar-refractivity contribution in [3.8, 4) is 6.07 Å². The van der Waals surface area contributed by atoms with Crippen molar-refractivity contribution in [2.75, 3.05) is 13.6 Å². The molecule has 0 heterocycles. The molecule has 1 aromatic carbocycles. The van der Waals surface area contributed by atoms with Crippen LogP contribution >= 0.6 is 0 Å². The van der Waals surface area contributed by atoms with E-state index in [-0.39, 0.29) is 6.54 Å². The summed E-state index contributed by atoms with van der Waals surface area (Å²) in [5, 5.41) is 27.2. The van der Waals surface area contributed by atoms with E-state index in [1.165, 1.54) is 6.92 Å². The van der Waals surface area contributed by atoms with E-state index in [9.17, 15) is 9.90 Å². The monoisotopic (exact) mass is 248 g/mol. The molecule has 0 saturated heterocycles. The van der Waals surface area contributed by atoms with Gasteiger partial charge in [-0.25, -0.2) is 4.79 Å². The molecule has 0 radical (unpaired) electrons. The number of benzene rings is 1. The van der Waals surface area contributed by atoms with Crippen LogP contribution in [-0.2, 0) is 11.3 Å². The van der Waals surface area contributed by atoms with Crippen LogP contribution in [0.5, 0.6) is 0 Å². The molecule has 96 valence electrons. The molecule has 5 nitrogen and oxygen atoms in total. The van der Waals surface area contributed by atoms with E-state index in [0.717, 1.165) is 5.56 Å². The van der Waals surface area contributed by atoms with Crippen molar-refractivity contribution in [3.63, 3.8) is 0 Å². The largest absolute Gasteiger partial charge is 0.479 e. The van der Waals surface area contributed by atoms with Gasteiger partial charge in [-0.05, 0) is 31.7 Å². The Balaban J connectivity index is 2.68. The molecular weight excluding hydrogens is 232 g/mol. The minimum Gasteiger partial charge on any atom is -0.479 e. The minimum absolute atomic E-state index is 0.0130. The average molecular weight is 248 g/mol. The lowest BCUT2D eigenvalue weighted by Gasteiger charge is -2.25. The molecule has 0 aromatic heterocycles. The lowest BCUT2D eigenvalue weighted by molar-refractivity contribution is -0.158. The number of rotatable bonds is 5. The lowest BCUT2D eigenvalue weighted by atomic mass is 10.1. The van der Waals surface area contributed by atoms with E-state index in [0.29, 0.717) is 12.1 Å². The molecule has 0 saturated carbocycles. The summed E-state index contributed by atoms with van der Waals surface area (Å²) in [6.45, 7) is 1.75. The van der Waals surface area contributed by atoms with E-state index in [1.54, 1.807) is 30.1 Å². The third-order valence-corrected chi connectivity index (χ3v) is 2.55. The van der Waals surface area contributed by atoms with Gasteiger partial charge in [0.15, 0.2) is 5.60 Å². The molecule has 2 N–H and O–H groups in total. The maximum Gasteiger partial charge on any atom is 0.336 e. The summed E-state index contributed by atoms with van der Waals surface area (Å²) in [6.07, 6.45) is 0. The number of carboxylic acids is 1. The molecule has 0 spiro atoms. The van der Waals surface area contributed by atoms with E-state index in [1.807, 2.05) is 12.1 Å². The number of nitrogens with zero attached hydrogens (tertiary/aromatic N) is 2. The molecule has 0 bridgehead atoms. The number of hydrogen-bond acceptors (Lipinski definition) is 4. The Bertz CT molecular complexity index is 477. The third kappa shape index (κ3) is 3.84. The van der Waals surface area contributed by atoms with Crippen LogP contribution in [0, 0.1) is 11.3 Å². The lowest BCUT2D eigenvalue weighted by Crippen LogP contribution is -2.45. The predicted octanol–water partition coefficient (Wildman–Crippen LogP) is 0.826. The number of carboxylic acid groups (broad SMARTS) is 1. The van der Waals surface area contributed by atoms with Gasteiger partial charge in [-0.3, -0.25) is 4.90 Å². The molecule has 1 unspecified atom stereocenters. The van der Waals surface area contributed by atoms with Crippen LogP contribution < -0.4 is 0 Å². The first-order valence-corrected chi connectivity index (χ1v) is 5.48. The molecule has 0 fully saturated rings. The van der Waals surface area contributed by atoms with Crippen LogP contribution in [0.2, 0.25) is 0 Å². The number of aliphatic carboxylic acids is 1. The summed E-state index contributed by atoms with van der Waals surface area (Å²) in [7, 11) is 1.72. The molecule has 0 amide bonds. The van der Waals surface area contributed by atoms with E-state index < -0.39 is 11.6 Å². The molecule has 1 rings (SSSR count). The number of aliphatic hydroxyl groups is 1. The van der Waals surface area contributed by atoms with Crippen molar-refractivity contribution < 1.29 is 15.0 Å². The zero-order valence-corrected chi connectivity index (χ0v) is 10.4. The first kappa shape index (κ1) is 14.2. The second-order valence-corrected chi connectivity index (χ2v) is 4.56. The Morgan fingerprint density at radius 2 is 2.22 bits per heavy atom. The highest BCUT2D eigenvalue weighted by Crippen LogP contribution is 2.10. The van der Waals surface area contributed by atoms with Gasteiger partial charge in [0.25, 0.3) is 0 Å². The second kappa shape index (κ2) is 5.63. The highest BCUT2D eigenvalue weighted by Gasteiger charge is 2.31. The van der Waals surface area contributed by atoms with E-state index in [2.05, 4.69) is 0 Å². The normalized spacial score (nSPS) is 13.9. The van der Waals surface area contributed by atoms with Gasteiger partial charge in [0, 0.05) is 13.1 Å². The summed E-state index contributed by atoms with van der Waals surface area (Å²) in [5.74, 6) is -1.25. The van der Waals surface area contributed by atoms with Crippen molar-refractivity contribution >= 4 is 5.97 Å². The van der Waals surface area contributed by atoms with Crippen LogP contribution in [0.1, 0.15) is 18.1 Å². The summed E-state index contributed by atoms with van der Waals surface area (Å²) in [4.78, 5) is 12.5. The first-order valence-electron chi connectivity index (χ1n) is 5.48. The Labute approximate surface area is 106 Å². The molecule has 18 heavy (non-hydrogen) atoms. The van der Waals surface area contributed by atoms with Crippen molar-refractivity contribution in [2.24, 2.45) is 0 Å². The maximum absolute atomic E-state index is 10.8. The smallest absolute Gasteiger partial charge is 0.336 e. The summed E-state index contributed by atoms with van der Waals surface area (Å²) >= 11 is 0. The highest BCUT2D eigenvalue weighted by atomic mass is 16.4. The quantitative estimate of drug-likeness (QED) is 0.806. The van der Waals surface area contributed by atoms with Crippen molar-refractivity contribution in [2.45, 2.75) is 19.1 Å².